The second-order valence-corrected chi connectivity index (χ2v) is 5.11. The summed E-state index contributed by atoms with van der Waals surface area (Å²) in [5.41, 5.74) is 11.5. The maximum atomic E-state index is 13.9. The number of anilines is 3. The number of methoxy groups -OCH3 is 1. The van der Waals surface area contributed by atoms with Crippen molar-refractivity contribution >= 4 is 38.9 Å². The van der Waals surface area contributed by atoms with Crippen LogP contribution in [0.25, 0.3) is 0 Å². The molecule has 0 fully saturated rings. The van der Waals surface area contributed by atoms with Gasteiger partial charge in [-0.2, -0.15) is 0 Å². The minimum atomic E-state index is -0.716. The van der Waals surface area contributed by atoms with Gasteiger partial charge in [0.25, 0.3) is 5.91 Å². The van der Waals surface area contributed by atoms with Crippen molar-refractivity contribution in [1.29, 1.82) is 0 Å². The number of ether oxygens (including phenoxy) is 1. The molecule has 110 valence electrons. The van der Waals surface area contributed by atoms with Crippen LogP contribution in [0.15, 0.2) is 34.8 Å². The smallest absolute Gasteiger partial charge is 0.250 e. The molecule has 21 heavy (non-hydrogen) atoms. The molecule has 0 unspecified atom stereocenters. The van der Waals surface area contributed by atoms with E-state index < -0.39 is 11.7 Å². The molecule has 5 N–H and O–H groups in total. The van der Waals surface area contributed by atoms with E-state index in [4.69, 9.17) is 16.2 Å². The maximum absolute atomic E-state index is 13.9. The number of hydrogen-bond acceptors (Lipinski definition) is 4. The first kappa shape index (κ1) is 15.1. The molecule has 0 bridgehead atoms. The summed E-state index contributed by atoms with van der Waals surface area (Å²) in [6.07, 6.45) is 0. The molecule has 0 aromatic heterocycles. The fraction of sp³-hybridized carbons (Fsp3) is 0.0714. The molecule has 0 saturated carbocycles. The summed E-state index contributed by atoms with van der Waals surface area (Å²) in [7, 11) is 1.55. The van der Waals surface area contributed by atoms with E-state index in [-0.39, 0.29) is 16.9 Å². The molecule has 0 aliphatic heterocycles. The van der Waals surface area contributed by atoms with Gasteiger partial charge in [0.15, 0.2) is 0 Å². The number of primary amides is 1. The Bertz CT molecular complexity index is 707. The largest absolute Gasteiger partial charge is 0.496 e. The summed E-state index contributed by atoms with van der Waals surface area (Å²) < 4.78 is 19.7. The lowest BCUT2D eigenvalue weighted by Crippen LogP contribution is -2.14. The van der Waals surface area contributed by atoms with Gasteiger partial charge in [-0.1, -0.05) is 0 Å². The number of carbonyl (C=O) groups excluding carboxylic acids is 1. The summed E-state index contributed by atoms with van der Waals surface area (Å²) in [4.78, 5) is 11.2. The van der Waals surface area contributed by atoms with E-state index in [0.717, 1.165) is 6.07 Å². The molecule has 2 aromatic carbocycles. The fourth-order valence-corrected chi connectivity index (χ4v) is 2.34. The zero-order valence-electron chi connectivity index (χ0n) is 11.1. The molecule has 7 heteroatoms. The van der Waals surface area contributed by atoms with Crippen molar-refractivity contribution in [2.24, 2.45) is 5.73 Å². The normalized spacial score (nSPS) is 10.2. The number of rotatable bonds is 4. The Kier molecular flexibility index (Phi) is 4.32. The Balaban J connectivity index is 2.37. The fourth-order valence-electron chi connectivity index (χ4n) is 1.80. The quantitative estimate of drug-likeness (QED) is 0.736. The third-order valence-corrected chi connectivity index (χ3v) is 3.46. The summed E-state index contributed by atoms with van der Waals surface area (Å²) in [5, 5.41) is 2.86. The van der Waals surface area contributed by atoms with Crippen LogP contribution in [0.1, 0.15) is 10.4 Å². The van der Waals surface area contributed by atoms with Gasteiger partial charge >= 0.3 is 0 Å². The molecule has 0 saturated heterocycles. The maximum Gasteiger partial charge on any atom is 0.250 e. The first-order valence-corrected chi connectivity index (χ1v) is 6.71. The van der Waals surface area contributed by atoms with Crippen molar-refractivity contribution in [3.8, 4) is 5.75 Å². The van der Waals surface area contributed by atoms with Crippen LogP contribution in [0.5, 0.6) is 5.75 Å². The van der Waals surface area contributed by atoms with E-state index in [9.17, 15) is 9.18 Å². The van der Waals surface area contributed by atoms with E-state index in [2.05, 4.69) is 21.2 Å². The first-order chi connectivity index (χ1) is 9.92. The Hall–Kier alpha value is -2.28. The van der Waals surface area contributed by atoms with Crippen LogP contribution in [0.2, 0.25) is 0 Å². The lowest BCUT2D eigenvalue weighted by atomic mass is 10.1. The molecular weight excluding hydrogens is 341 g/mol. The second-order valence-electron chi connectivity index (χ2n) is 4.26. The Morgan fingerprint density at radius 3 is 2.62 bits per heavy atom. The molecule has 1 amide bonds. The van der Waals surface area contributed by atoms with Crippen molar-refractivity contribution < 1.29 is 13.9 Å². The average molecular weight is 354 g/mol. The average Bonchev–Trinajstić information content (AvgIpc) is 2.41. The lowest BCUT2D eigenvalue weighted by Gasteiger charge is -2.12. The van der Waals surface area contributed by atoms with Crippen LogP contribution in [0.3, 0.4) is 0 Å². The minimum Gasteiger partial charge on any atom is -0.496 e. The summed E-state index contributed by atoms with van der Waals surface area (Å²) in [5.74, 6) is -0.646. The van der Waals surface area contributed by atoms with Gasteiger partial charge in [0.05, 0.1) is 22.8 Å². The summed E-state index contributed by atoms with van der Waals surface area (Å²) in [6.45, 7) is 0. The Morgan fingerprint density at radius 2 is 2.05 bits per heavy atom. The minimum absolute atomic E-state index is 0.00135. The lowest BCUT2D eigenvalue weighted by molar-refractivity contribution is 0.100. The molecule has 0 atom stereocenters. The van der Waals surface area contributed by atoms with E-state index >= 15 is 0 Å². The van der Waals surface area contributed by atoms with Crippen LogP contribution in [0, 0.1) is 5.82 Å². The predicted octanol–water partition coefficient (Wildman–Crippen LogP) is 3.02. The van der Waals surface area contributed by atoms with Crippen molar-refractivity contribution in [2.45, 2.75) is 0 Å². The zero-order chi connectivity index (χ0) is 15.6. The van der Waals surface area contributed by atoms with Crippen molar-refractivity contribution in [2.75, 3.05) is 18.2 Å². The van der Waals surface area contributed by atoms with Crippen LogP contribution in [-0.2, 0) is 0 Å². The number of hydrogen-bond donors (Lipinski definition) is 3. The number of nitrogens with two attached hydrogens (primary N) is 2. The second kappa shape index (κ2) is 6.01. The molecular formula is C14H13BrFN3O2. The van der Waals surface area contributed by atoms with Crippen molar-refractivity contribution in [1.82, 2.24) is 0 Å². The van der Waals surface area contributed by atoms with Gasteiger partial charge in [-0.15, -0.1) is 0 Å². The molecule has 0 heterocycles. The molecule has 2 aromatic rings. The molecule has 0 spiro atoms. The van der Waals surface area contributed by atoms with E-state index in [0.29, 0.717) is 15.9 Å². The summed E-state index contributed by atoms with van der Waals surface area (Å²) in [6, 6.07) is 7.49. The van der Waals surface area contributed by atoms with Crippen LogP contribution < -0.4 is 21.5 Å². The highest BCUT2D eigenvalue weighted by molar-refractivity contribution is 9.10. The number of benzene rings is 2. The van der Waals surface area contributed by atoms with Gasteiger partial charge in [0.1, 0.15) is 11.6 Å². The Labute approximate surface area is 129 Å². The van der Waals surface area contributed by atoms with E-state index in [1.807, 2.05) is 0 Å². The number of nitrogens with one attached hydrogen (secondary N) is 1. The third kappa shape index (κ3) is 3.25. The molecule has 0 aliphatic rings. The van der Waals surface area contributed by atoms with Crippen LogP contribution in [-0.4, -0.2) is 13.0 Å². The van der Waals surface area contributed by atoms with Gasteiger partial charge in [-0.05, 0) is 46.3 Å². The first-order valence-electron chi connectivity index (χ1n) is 5.91. The van der Waals surface area contributed by atoms with Crippen LogP contribution >= 0.6 is 15.9 Å². The number of nitrogen functional groups attached to an aromatic ring is 1. The van der Waals surface area contributed by atoms with E-state index in [1.54, 1.807) is 25.3 Å². The van der Waals surface area contributed by atoms with Crippen molar-refractivity contribution in [3.63, 3.8) is 0 Å². The molecule has 2 rings (SSSR count). The highest BCUT2D eigenvalue weighted by Gasteiger charge is 2.12. The van der Waals surface area contributed by atoms with Gasteiger partial charge in [-0.3, -0.25) is 4.79 Å². The predicted molar refractivity (Wildman–Crippen MR) is 83.3 cm³/mol. The highest BCUT2D eigenvalue weighted by Crippen LogP contribution is 2.31. The Morgan fingerprint density at radius 1 is 1.33 bits per heavy atom. The van der Waals surface area contributed by atoms with E-state index in [1.165, 1.54) is 6.07 Å². The summed E-state index contributed by atoms with van der Waals surface area (Å²) >= 11 is 3.34. The van der Waals surface area contributed by atoms with Gasteiger partial charge in [-0.25, -0.2) is 4.39 Å². The standard InChI is InChI=1S/C14H13BrFN3O2/c1-21-13-3-2-7(4-9(13)15)19-12-5-8(14(18)20)11(17)6-10(12)16/h2-6,19H,17H2,1H3,(H2,18,20). The third-order valence-electron chi connectivity index (χ3n) is 2.84. The van der Waals surface area contributed by atoms with Gasteiger partial charge < -0.3 is 21.5 Å². The number of amides is 1. The molecule has 0 aliphatic carbocycles. The topological polar surface area (TPSA) is 90.4 Å². The van der Waals surface area contributed by atoms with Gasteiger partial charge in [0, 0.05) is 11.4 Å². The molecule has 0 radical (unpaired) electrons. The number of halogens is 2. The molecule has 5 nitrogen and oxygen atoms in total. The van der Waals surface area contributed by atoms with Gasteiger partial charge in [0.2, 0.25) is 0 Å². The van der Waals surface area contributed by atoms with Crippen molar-refractivity contribution in [3.05, 3.63) is 46.2 Å². The van der Waals surface area contributed by atoms with Crippen LogP contribution in [0.4, 0.5) is 21.5 Å². The SMILES string of the molecule is COc1ccc(Nc2cc(C(N)=O)c(N)cc2F)cc1Br. The zero-order valence-corrected chi connectivity index (χ0v) is 12.7. The number of carbonyl (C=O) groups is 1. The highest BCUT2D eigenvalue weighted by atomic mass is 79.9. The monoisotopic (exact) mass is 353 g/mol.